The summed E-state index contributed by atoms with van der Waals surface area (Å²) in [5, 5.41) is 8.25. The minimum absolute atomic E-state index is 0.133. The molecule has 3 N–H and O–H groups in total. The van der Waals surface area contributed by atoms with Crippen LogP contribution < -0.4 is 5.73 Å². The maximum Gasteiger partial charge on any atom is 0.317 e. The Morgan fingerprint density at radius 1 is 1.78 bits per heavy atom. The first-order chi connectivity index (χ1) is 4.18. The predicted molar refractivity (Wildman–Crippen MR) is 32.1 cm³/mol. The van der Waals surface area contributed by atoms with E-state index in [0.717, 1.165) is 13.1 Å². The summed E-state index contributed by atoms with van der Waals surface area (Å²) in [5.41, 5.74) is 5.41. The molecule has 0 aromatic rings. The predicted octanol–water partition coefficient (Wildman–Crippen LogP) is -1.29. The van der Waals surface area contributed by atoms with Crippen LogP contribution in [0.25, 0.3) is 0 Å². The van der Waals surface area contributed by atoms with Crippen LogP contribution >= 0.6 is 0 Å². The van der Waals surface area contributed by atoms with E-state index in [1.807, 2.05) is 0 Å². The fourth-order valence-corrected chi connectivity index (χ4v) is 0.930. The van der Waals surface area contributed by atoms with E-state index < -0.39 is 5.97 Å². The lowest BCUT2D eigenvalue weighted by atomic mass is 10.1. The van der Waals surface area contributed by atoms with Crippen molar-refractivity contribution in [3.8, 4) is 0 Å². The van der Waals surface area contributed by atoms with Gasteiger partial charge in [0, 0.05) is 19.1 Å². The minimum Gasteiger partial charge on any atom is -0.480 e. The first-order valence-electron chi connectivity index (χ1n) is 2.88. The summed E-state index contributed by atoms with van der Waals surface area (Å²) in [6.07, 6.45) is 0. The first kappa shape index (κ1) is 6.51. The highest BCUT2D eigenvalue weighted by molar-refractivity contribution is 5.69. The first-order valence-corrected chi connectivity index (χ1v) is 2.88. The molecule has 1 rings (SSSR count). The van der Waals surface area contributed by atoms with Gasteiger partial charge in [-0.05, 0) is 0 Å². The molecule has 0 atom stereocenters. The van der Waals surface area contributed by atoms with Gasteiger partial charge < -0.3 is 10.8 Å². The lowest BCUT2D eigenvalue weighted by molar-refractivity contribution is -0.139. The number of rotatable bonds is 2. The summed E-state index contributed by atoms with van der Waals surface area (Å²) in [5.74, 6) is -0.776. The summed E-state index contributed by atoms with van der Waals surface area (Å²) in [6.45, 7) is 1.59. The molecule has 1 aliphatic rings. The third-order valence-electron chi connectivity index (χ3n) is 1.34. The number of carbonyl (C=O) groups is 1. The standard InChI is InChI=1S/C5H10N2O2/c6-4-1-7(2-4)3-5(8)9/h4H,1-3,6H2,(H,8,9). The number of likely N-dealkylation sites (tertiary alicyclic amines) is 1. The van der Waals surface area contributed by atoms with Gasteiger partial charge in [-0.2, -0.15) is 0 Å². The van der Waals surface area contributed by atoms with E-state index in [1.165, 1.54) is 0 Å². The molecule has 0 saturated carbocycles. The van der Waals surface area contributed by atoms with Gasteiger partial charge in [0.15, 0.2) is 0 Å². The largest absolute Gasteiger partial charge is 0.480 e. The molecule has 0 aromatic heterocycles. The van der Waals surface area contributed by atoms with Gasteiger partial charge in [0.1, 0.15) is 0 Å². The monoisotopic (exact) mass is 130 g/mol. The number of aliphatic carboxylic acids is 1. The molecule has 4 heteroatoms. The molecule has 0 radical (unpaired) electrons. The zero-order chi connectivity index (χ0) is 6.85. The number of hydrogen-bond donors (Lipinski definition) is 2. The lowest BCUT2D eigenvalue weighted by Gasteiger charge is -2.35. The number of carboxylic acids is 1. The van der Waals surface area contributed by atoms with Crippen molar-refractivity contribution >= 4 is 5.97 Å². The summed E-state index contributed by atoms with van der Waals surface area (Å²) >= 11 is 0. The van der Waals surface area contributed by atoms with Crippen molar-refractivity contribution in [3.63, 3.8) is 0 Å². The summed E-state index contributed by atoms with van der Waals surface area (Å²) in [7, 11) is 0. The van der Waals surface area contributed by atoms with E-state index in [4.69, 9.17) is 10.8 Å². The van der Waals surface area contributed by atoms with E-state index in [9.17, 15) is 4.79 Å². The number of hydrogen-bond acceptors (Lipinski definition) is 3. The quantitative estimate of drug-likeness (QED) is 0.488. The maximum absolute atomic E-state index is 10.0. The third-order valence-corrected chi connectivity index (χ3v) is 1.34. The average Bonchev–Trinajstić information content (AvgIpc) is 1.60. The van der Waals surface area contributed by atoms with Crippen molar-refractivity contribution in [2.75, 3.05) is 19.6 Å². The van der Waals surface area contributed by atoms with E-state index >= 15 is 0 Å². The van der Waals surface area contributed by atoms with Gasteiger partial charge in [-0.15, -0.1) is 0 Å². The highest BCUT2D eigenvalue weighted by Gasteiger charge is 2.23. The summed E-state index contributed by atoms with van der Waals surface area (Å²) in [4.78, 5) is 11.8. The normalized spacial score (nSPS) is 21.4. The number of carboxylic acid groups (broad SMARTS) is 1. The zero-order valence-corrected chi connectivity index (χ0v) is 5.08. The van der Waals surface area contributed by atoms with Crippen molar-refractivity contribution in [3.05, 3.63) is 0 Å². The fourth-order valence-electron chi connectivity index (χ4n) is 0.930. The number of nitrogens with two attached hydrogens (primary N) is 1. The van der Waals surface area contributed by atoms with Crippen LogP contribution in [0.3, 0.4) is 0 Å². The van der Waals surface area contributed by atoms with E-state index in [2.05, 4.69) is 0 Å². The summed E-state index contributed by atoms with van der Waals surface area (Å²) in [6, 6.07) is 0.198. The van der Waals surface area contributed by atoms with Crippen LogP contribution in [0, 0.1) is 0 Å². The van der Waals surface area contributed by atoms with Gasteiger partial charge in [-0.1, -0.05) is 0 Å². The molecule has 0 bridgehead atoms. The Hall–Kier alpha value is -0.610. The highest BCUT2D eigenvalue weighted by atomic mass is 16.4. The van der Waals surface area contributed by atoms with Crippen molar-refractivity contribution in [2.45, 2.75) is 6.04 Å². The van der Waals surface area contributed by atoms with E-state index in [0.29, 0.717) is 0 Å². The second-order valence-electron chi connectivity index (χ2n) is 2.35. The average molecular weight is 130 g/mol. The Kier molecular flexibility index (Phi) is 1.68. The molecule has 0 aromatic carbocycles. The zero-order valence-electron chi connectivity index (χ0n) is 5.08. The van der Waals surface area contributed by atoms with Crippen LogP contribution in [0.15, 0.2) is 0 Å². The maximum atomic E-state index is 10.0. The Morgan fingerprint density at radius 2 is 2.33 bits per heavy atom. The van der Waals surface area contributed by atoms with Gasteiger partial charge in [0.25, 0.3) is 0 Å². The molecule has 1 saturated heterocycles. The van der Waals surface area contributed by atoms with Crippen LogP contribution in [-0.4, -0.2) is 41.7 Å². The lowest BCUT2D eigenvalue weighted by Crippen LogP contribution is -2.56. The Morgan fingerprint density at radius 3 is 2.67 bits per heavy atom. The highest BCUT2D eigenvalue weighted by Crippen LogP contribution is 2.02. The van der Waals surface area contributed by atoms with E-state index in [-0.39, 0.29) is 12.6 Å². The van der Waals surface area contributed by atoms with Gasteiger partial charge in [0.05, 0.1) is 6.54 Å². The Bertz CT molecular complexity index is 120. The number of nitrogens with zero attached hydrogens (tertiary/aromatic N) is 1. The van der Waals surface area contributed by atoms with Crippen molar-refractivity contribution < 1.29 is 9.90 Å². The molecular weight excluding hydrogens is 120 g/mol. The van der Waals surface area contributed by atoms with Crippen LogP contribution in [-0.2, 0) is 4.79 Å². The molecule has 1 aliphatic heterocycles. The van der Waals surface area contributed by atoms with Gasteiger partial charge in [-0.25, -0.2) is 0 Å². The molecule has 0 unspecified atom stereocenters. The smallest absolute Gasteiger partial charge is 0.317 e. The Balaban J connectivity index is 2.11. The third kappa shape index (κ3) is 1.65. The Labute approximate surface area is 53.2 Å². The van der Waals surface area contributed by atoms with Crippen molar-refractivity contribution in [2.24, 2.45) is 5.73 Å². The molecule has 52 valence electrons. The molecular formula is C5H10N2O2. The second kappa shape index (κ2) is 2.33. The molecule has 0 amide bonds. The second-order valence-corrected chi connectivity index (χ2v) is 2.35. The molecule has 1 fully saturated rings. The van der Waals surface area contributed by atoms with Crippen LogP contribution in [0.5, 0.6) is 0 Å². The molecule has 9 heavy (non-hydrogen) atoms. The minimum atomic E-state index is -0.776. The van der Waals surface area contributed by atoms with Gasteiger partial charge >= 0.3 is 5.97 Å². The molecule has 0 spiro atoms. The van der Waals surface area contributed by atoms with Crippen molar-refractivity contribution in [1.82, 2.24) is 4.90 Å². The molecule has 1 heterocycles. The van der Waals surface area contributed by atoms with Crippen LogP contribution in [0.1, 0.15) is 0 Å². The SMILES string of the molecule is NC1CN(CC(=O)O)C1. The topological polar surface area (TPSA) is 66.6 Å². The fraction of sp³-hybridized carbons (Fsp3) is 0.800. The van der Waals surface area contributed by atoms with Gasteiger partial charge in [0.2, 0.25) is 0 Å². The molecule has 0 aliphatic carbocycles. The molecule has 4 nitrogen and oxygen atoms in total. The van der Waals surface area contributed by atoms with Crippen molar-refractivity contribution in [1.29, 1.82) is 0 Å². The summed E-state index contributed by atoms with van der Waals surface area (Å²) < 4.78 is 0. The van der Waals surface area contributed by atoms with Gasteiger partial charge in [-0.3, -0.25) is 9.69 Å². The van der Waals surface area contributed by atoms with Crippen LogP contribution in [0.4, 0.5) is 0 Å². The van der Waals surface area contributed by atoms with Crippen LogP contribution in [0.2, 0.25) is 0 Å². The van der Waals surface area contributed by atoms with E-state index in [1.54, 1.807) is 4.90 Å².